The number of H-pyrrole nitrogens is 1. The first-order valence-corrected chi connectivity index (χ1v) is 11.6. The first-order chi connectivity index (χ1) is 16.7. The summed E-state index contributed by atoms with van der Waals surface area (Å²) in [7, 11) is 0. The largest absolute Gasteiger partial charge is 0.347 e. The van der Waals surface area contributed by atoms with Crippen molar-refractivity contribution in [3.63, 3.8) is 0 Å². The average molecular weight is 449 g/mol. The van der Waals surface area contributed by atoms with Crippen molar-refractivity contribution in [1.82, 2.24) is 15.5 Å². The zero-order valence-electron chi connectivity index (χ0n) is 18.7. The topological polar surface area (TPSA) is 78.1 Å². The minimum atomic E-state index is -0.144. The lowest BCUT2D eigenvalue weighted by Gasteiger charge is -2.18. The Bertz CT molecular complexity index is 1410. The van der Waals surface area contributed by atoms with Crippen molar-refractivity contribution in [3.05, 3.63) is 106 Å². The highest BCUT2D eigenvalue weighted by molar-refractivity contribution is 6.07. The molecule has 168 valence electrons. The Kier molecular flexibility index (Phi) is 4.99. The molecule has 0 spiro atoms. The minimum Gasteiger partial charge on any atom is -0.347 e. The summed E-state index contributed by atoms with van der Waals surface area (Å²) in [5.41, 5.74) is 8.57. The van der Waals surface area contributed by atoms with Crippen LogP contribution >= 0.6 is 0 Å². The van der Waals surface area contributed by atoms with Crippen LogP contribution in [0.3, 0.4) is 0 Å². The molecule has 0 radical (unpaired) electrons. The number of nitrogens with zero attached hydrogens (tertiary/aromatic N) is 2. The molecule has 0 saturated carbocycles. The van der Waals surface area contributed by atoms with Gasteiger partial charge < -0.3 is 10.2 Å². The molecule has 6 rings (SSSR count). The molecule has 2 amide bonds. The number of rotatable bonds is 4. The number of aryl methyl sites for hydroxylation is 1. The zero-order chi connectivity index (χ0) is 23.1. The Labute approximate surface area is 197 Å². The third-order valence-corrected chi connectivity index (χ3v) is 6.77. The number of amides is 2. The van der Waals surface area contributed by atoms with Crippen LogP contribution in [0.1, 0.15) is 43.1 Å². The highest BCUT2D eigenvalue weighted by atomic mass is 16.2. The summed E-state index contributed by atoms with van der Waals surface area (Å²) in [5.74, 6) is -0.125. The molecule has 4 aromatic rings. The number of nitrogens with one attached hydrogen (secondary N) is 2. The summed E-state index contributed by atoms with van der Waals surface area (Å²) in [4.78, 5) is 27.7. The van der Waals surface area contributed by atoms with E-state index in [0.29, 0.717) is 24.3 Å². The second-order valence-corrected chi connectivity index (χ2v) is 8.80. The number of aromatic nitrogens is 2. The predicted octanol–water partition coefficient (Wildman–Crippen LogP) is 4.31. The lowest BCUT2D eigenvalue weighted by molar-refractivity contribution is 0.0943. The first-order valence-electron chi connectivity index (χ1n) is 11.6. The molecule has 0 atom stereocenters. The molecule has 6 nitrogen and oxygen atoms in total. The number of carbonyl (C=O) groups is 2. The number of anilines is 1. The van der Waals surface area contributed by atoms with Crippen LogP contribution < -0.4 is 10.2 Å². The van der Waals surface area contributed by atoms with Gasteiger partial charge in [-0.15, -0.1) is 0 Å². The van der Waals surface area contributed by atoms with Crippen molar-refractivity contribution < 1.29 is 9.59 Å². The number of benzene rings is 3. The molecule has 1 aliphatic carbocycles. The molecule has 3 aromatic carbocycles. The number of aromatic amines is 1. The molecule has 2 N–H and O–H groups in total. The molecule has 6 heteroatoms. The molecule has 0 saturated heterocycles. The minimum absolute atomic E-state index is 0.0194. The van der Waals surface area contributed by atoms with Crippen molar-refractivity contribution in [3.8, 4) is 11.3 Å². The quantitative estimate of drug-likeness (QED) is 0.488. The Morgan fingerprint density at radius 3 is 2.62 bits per heavy atom. The SMILES string of the molecule is O=C(NCc1ccc2c(c1)CCN2C(=O)c1ccccc1)c1[nH]nc2c1CCc1ccccc1-2. The van der Waals surface area contributed by atoms with Crippen LogP contribution in [-0.2, 0) is 25.8 Å². The van der Waals surface area contributed by atoms with Gasteiger partial charge >= 0.3 is 0 Å². The van der Waals surface area contributed by atoms with Crippen LogP contribution in [0.25, 0.3) is 11.3 Å². The fraction of sp³-hybridized carbons (Fsp3) is 0.179. The fourth-order valence-electron chi connectivity index (χ4n) is 5.03. The van der Waals surface area contributed by atoms with Gasteiger partial charge in [-0.3, -0.25) is 14.7 Å². The third-order valence-electron chi connectivity index (χ3n) is 6.77. The molecule has 0 bridgehead atoms. The molecule has 2 aliphatic rings. The van der Waals surface area contributed by atoms with Crippen LogP contribution in [0.5, 0.6) is 0 Å². The van der Waals surface area contributed by atoms with E-state index >= 15 is 0 Å². The summed E-state index contributed by atoms with van der Waals surface area (Å²) in [5, 5.41) is 10.4. The Morgan fingerprint density at radius 2 is 1.74 bits per heavy atom. The van der Waals surface area contributed by atoms with Gasteiger partial charge in [-0.1, -0.05) is 54.6 Å². The van der Waals surface area contributed by atoms with Crippen LogP contribution in [0.4, 0.5) is 5.69 Å². The summed E-state index contributed by atoms with van der Waals surface area (Å²) in [6.45, 7) is 1.09. The standard InChI is InChI=1S/C28H24N4O2/c33-27(26-23-12-11-19-6-4-5-9-22(19)25(23)30-31-26)29-17-18-10-13-24-21(16-18)14-15-32(24)28(34)20-7-2-1-3-8-20/h1-10,13,16H,11-12,14-15,17H2,(H,29,33)(H,30,31). The van der Waals surface area contributed by atoms with Gasteiger partial charge in [0.25, 0.3) is 11.8 Å². The van der Waals surface area contributed by atoms with E-state index in [4.69, 9.17) is 0 Å². The lowest BCUT2D eigenvalue weighted by Crippen LogP contribution is -2.28. The van der Waals surface area contributed by atoms with Crippen LogP contribution in [0.2, 0.25) is 0 Å². The Hall–Kier alpha value is -4.19. The van der Waals surface area contributed by atoms with Crippen LogP contribution in [0, 0.1) is 0 Å². The molecule has 0 unspecified atom stereocenters. The number of fused-ring (bicyclic) bond motifs is 4. The highest BCUT2D eigenvalue weighted by Gasteiger charge is 2.27. The molecule has 0 fully saturated rings. The second kappa shape index (κ2) is 8.30. The Morgan fingerprint density at radius 1 is 0.912 bits per heavy atom. The van der Waals surface area contributed by atoms with E-state index in [1.165, 1.54) is 5.56 Å². The summed E-state index contributed by atoms with van der Waals surface area (Å²) in [6.07, 6.45) is 2.52. The van der Waals surface area contributed by atoms with Crippen molar-refractivity contribution in [2.75, 3.05) is 11.4 Å². The maximum Gasteiger partial charge on any atom is 0.269 e. The van der Waals surface area contributed by atoms with Crippen molar-refractivity contribution in [2.24, 2.45) is 0 Å². The van der Waals surface area contributed by atoms with Crippen molar-refractivity contribution in [1.29, 1.82) is 0 Å². The van der Waals surface area contributed by atoms with Gasteiger partial charge in [0.2, 0.25) is 0 Å². The van der Waals surface area contributed by atoms with Gasteiger partial charge in [-0.2, -0.15) is 5.10 Å². The fourth-order valence-corrected chi connectivity index (χ4v) is 5.03. The molecule has 1 aromatic heterocycles. The maximum absolute atomic E-state index is 13.0. The van der Waals surface area contributed by atoms with Gasteiger partial charge in [0.15, 0.2) is 0 Å². The van der Waals surface area contributed by atoms with Gasteiger partial charge in [0.05, 0.1) is 5.69 Å². The van der Waals surface area contributed by atoms with Crippen molar-refractivity contribution in [2.45, 2.75) is 25.8 Å². The van der Waals surface area contributed by atoms with E-state index < -0.39 is 0 Å². The maximum atomic E-state index is 13.0. The number of carbonyl (C=O) groups excluding carboxylic acids is 2. The van der Waals surface area contributed by atoms with Gasteiger partial charge in [-0.05, 0) is 54.2 Å². The number of hydrogen-bond acceptors (Lipinski definition) is 3. The van der Waals surface area contributed by atoms with E-state index in [2.05, 4.69) is 33.7 Å². The smallest absolute Gasteiger partial charge is 0.269 e. The lowest BCUT2D eigenvalue weighted by atomic mass is 9.89. The van der Waals surface area contributed by atoms with Crippen LogP contribution in [-0.4, -0.2) is 28.6 Å². The predicted molar refractivity (Wildman–Crippen MR) is 131 cm³/mol. The van der Waals surface area contributed by atoms with Crippen LogP contribution in [0.15, 0.2) is 72.8 Å². The summed E-state index contributed by atoms with van der Waals surface area (Å²) >= 11 is 0. The molecule has 1 aliphatic heterocycles. The average Bonchev–Trinajstić information content (AvgIpc) is 3.52. The monoisotopic (exact) mass is 448 g/mol. The van der Waals surface area contributed by atoms with E-state index in [1.807, 2.05) is 59.5 Å². The normalized spacial score (nSPS) is 13.7. The molecular formula is C28H24N4O2. The van der Waals surface area contributed by atoms with Gasteiger partial charge in [0, 0.05) is 35.5 Å². The van der Waals surface area contributed by atoms with Gasteiger partial charge in [-0.25, -0.2) is 0 Å². The van der Waals surface area contributed by atoms with E-state index in [1.54, 1.807) is 0 Å². The van der Waals surface area contributed by atoms with Gasteiger partial charge in [0.1, 0.15) is 5.69 Å². The summed E-state index contributed by atoms with van der Waals surface area (Å²) in [6, 6.07) is 23.6. The van der Waals surface area contributed by atoms with Crippen molar-refractivity contribution >= 4 is 17.5 Å². The first kappa shape index (κ1) is 20.4. The highest BCUT2D eigenvalue weighted by Crippen LogP contribution is 2.33. The molecule has 34 heavy (non-hydrogen) atoms. The van der Waals surface area contributed by atoms with E-state index in [9.17, 15) is 9.59 Å². The Balaban J connectivity index is 1.16. The van der Waals surface area contributed by atoms with E-state index in [0.717, 1.165) is 52.9 Å². The zero-order valence-corrected chi connectivity index (χ0v) is 18.7. The second-order valence-electron chi connectivity index (χ2n) is 8.80. The molecular weight excluding hydrogens is 424 g/mol. The third kappa shape index (κ3) is 3.48. The van der Waals surface area contributed by atoms with E-state index in [-0.39, 0.29) is 11.8 Å². The number of hydrogen-bond donors (Lipinski definition) is 2. The molecule has 2 heterocycles. The summed E-state index contributed by atoms with van der Waals surface area (Å²) < 4.78 is 0.